The summed E-state index contributed by atoms with van der Waals surface area (Å²) < 4.78 is 2.18. The third-order valence-electron chi connectivity index (χ3n) is 3.68. The molecule has 3 rings (SSSR count). The molecule has 0 aliphatic carbocycles. The number of halogens is 1. The first kappa shape index (κ1) is 13.2. The lowest BCUT2D eigenvalue weighted by Gasteiger charge is -2.12. The van der Waals surface area contributed by atoms with Crippen molar-refractivity contribution in [3.8, 4) is 5.69 Å². The van der Waals surface area contributed by atoms with E-state index in [9.17, 15) is 0 Å². The van der Waals surface area contributed by atoms with Crippen molar-refractivity contribution in [1.29, 1.82) is 0 Å². The molecule has 0 bridgehead atoms. The second-order valence-electron chi connectivity index (χ2n) is 5.23. The van der Waals surface area contributed by atoms with E-state index in [2.05, 4.69) is 61.7 Å². The lowest BCUT2D eigenvalue weighted by Crippen LogP contribution is -2.02. The van der Waals surface area contributed by atoms with Crippen molar-refractivity contribution < 1.29 is 0 Å². The van der Waals surface area contributed by atoms with E-state index in [0.717, 1.165) is 22.5 Å². The minimum Gasteiger partial charge on any atom is -0.295 e. The molecule has 3 aromatic rings. The molecule has 102 valence electrons. The van der Waals surface area contributed by atoms with Crippen molar-refractivity contribution in [2.75, 3.05) is 0 Å². The van der Waals surface area contributed by atoms with Crippen LogP contribution in [0.2, 0.25) is 0 Å². The van der Waals surface area contributed by atoms with Gasteiger partial charge in [0.05, 0.1) is 22.6 Å². The monoisotopic (exact) mass is 284 g/mol. The molecule has 0 fully saturated rings. The number of fused-ring (bicyclic) bond motifs is 1. The molecule has 1 aromatic heterocycles. The van der Waals surface area contributed by atoms with Crippen LogP contribution < -0.4 is 0 Å². The summed E-state index contributed by atoms with van der Waals surface area (Å²) in [6.45, 7) is 6.31. The maximum atomic E-state index is 6.11. The van der Waals surface area contributed by atoms with Crippen molar-refractivity contribution in [2.45, 2.75) is 26.7 Å². The Balaban J connectivity index is 2.40. The van der Waals surface area contributed by atoms with Crippen molar-refractivity contribution in [2.24, 2.45) is 0 Å². The van der Waals surface area contributed by atoms with Gasteiger partial charge in [-0.05, 0) is 49.6 Å². The molecule has 0 unspecified atom stereocenters. The zero-order valence-electron chi connectivity index (χ0n) is 11.9. The van der Waals surface area contributed by atoms with Crippen LogP contribution in [-0.4, -0.2) is 9.55 Å². The fraction of sp³-hybridized carbons (Fsp3) is 0.235. The molecule has 0 spiro atoms. The molecule has 2 nitrogen and oxygen atoms in total. The predicted molar refractivity (Wildman–Crippen MR) is 84.8 cm³/mol. The Labute approximate surface area is 124 Å². The summed E-state index contributed by atoms with van der Waals surface area (Å²) in [5.74, 6) is 1.30. The Morgan fingerprint density at radius 2 is 1.85 bits per heavy atom. The van der Waals surface area contributed by atoms with Crippen LogP contribution in [0.4, 0.5) is 0 Å². The largest absolute Gasteiger partial charge is 0.295 e. The second-order valence-corrected chi connectivity index (χ2v) is 5.50. The first-order valence-corrected chi connectivity index (χ1v) is 7.26. The smallest absolute Gasteiger partial charge is 0.129 e. The summed E-state index contributed by atoms with van der Waals surface area (Å²) in [6, 6.07) is 12.7. The molecule has 0 aliphatic rings. The van der Waals surface area contributed by atoms with Crippen molar-refractivity contribution in [3.63, 3.8) is 0 Å². The summed E-state index contributed by atoms with van der Waals surface area (Å²) in [5, 5.41) is 0. The average Bonchev–Trinajstić information content (AvgIpc) is 2.81. The van der Waals surface area contributed by atoms with Gasteiger partial charge < -0.3 is 0 Å². The fourth-order valence-electron chi connectivity index (χ4n) is 2.61. The van der Waals surface area contributed by atoms with E-state index in [1.165, 1.54) is 16.7 Å². The van der Waals surface area contributed by atoms with Gasteiger partial charge in [0.2, 0.25) is 0 Å². The quantitative estimate of drug-likeness (QED) is 0.624. The van der Waals surface area contributed by atoms with E-state index in [-0.39, 0.29) is 0 Å². The normalized spacial score (nSPS) is 11.2. The number of hydrogen-bond donors (Lipinski definition) is 0. The zero-order valence-corrected chi connectivity index (χ0v) is 12.7. The molecule has 0 N–H and O–H groups in total. The van der Waals surface area contributed by atoms with Crippen molar-refractivity contribution >= 4 is 22.6 Å². The molecule has 1 heterocycles. The zero-order chi connectivity index (χ0) is 14.3. The Bertz CT molecular complexity index is 787. The number of aromatic nitrogens is 2. The highest BCUT2D eigenvalue weighted by molar-refractivity contribution is 6.17. The first-order valence-electron chi connectivity index (χ1n) is 6.72. The molecule has 2 aromatic carbocycles. The lowest BCUT2D eigenvalue weighted by atomic mass is 10.1. The maximum Gasteiger partial charge on any atom is 0.129 e. The number of benzene rings is 2. The molecule has 0 radical (unpaired) electrons. The molecule has 3 heteroatoms. The molecule has 0 saturated heterocycles. The van der Waals surface area contributed by atoms with Gasteiger partial charge >= 0.3 is 0 Å². The van der Waals surface area contributed by atoms with Crippen molar-refractivity contribution in [3.05, 3.63) is 58.9 Å². The van der Waals surface area contributed by atoms with Gasteiger partial charge in [0, 0.05) is 0 Å². The molecule has 0 saturated carbocycles. The van der Waals surface area contributed by atoms with Gasteiger partial charge in [-0.2, -0.15) is 0 Å². The van der Waals surface area contributed by atoms with E-state index in [4.69, 9.17) is 16.6 Å². The summed E-state index contributed by atoms with van der Waals surface area (Å²) >= 11 is 6.11. The van der Waals surface area contributed by atoms with Crippen LogP contribution in [0.1, 0.15) is 22.5 Å². The Hall–Kier alpha value is -1.80. The fourth-order valence-corrected chi connectivity index (χ4v) is 2.79. The van der Waals surface area contributed by atoms with Crippen LogP contribution in [0.25, 0.3) is 16.7 Å². The van der Waals surface area contributed by atoms with Crippen LogP contribution in [-0.2, 0) is 5.88 Å². The predicted octanol–water partition coefficient (Wildman–Crippen LogP) is 4.69. The molecule has 20 heavy (non-hydrogen) atoms. The molecule has 0 amide bonds. The number of alkyl halides is 1. The highest BCUT2D eigenvalue weighted by Crippen LogP contribution is 2.27. The Kier molecular flexibility index (Phi) is 3.27. The number of imidazole rings is 1. The minimum atomic E-state index is 0.404. The van der Waals surface area contributed by atoms with Crippen LogP contribution in [0.3, 0.4) is 0 Å². The van der Waals surface area contributed by atoms with E-state index in [1.54, 1.807) is 0 Å². The third-order valence-corrected chi connectivity index (χ3v) is 3.92. The van der Waals surface area contributed by atoms with Crippen LogP contribution in [0.15, 0.2) is 36.4 Å². The minimum absolute atomic E-state index is 0.404. The number of hydrogen-bond acceptors (Lipinski definition) is 1. The van der Waals surface area contributed by atoms with E-state index in [0.29, 0.717) is 5.88 Å². The third kappa shape index (κ3) is 2.01. The van der Waals surface area contributed by atoms with Crippen LogP contribution in [0.5, 0.6) is 0 Å². The summed E-state index contributed by atoms with van der Waals surface area (Å²) in [5.41, 5.74) is 6.95. The summed E-state index contributed by atoms with van der Waals surface area (Å²) in [4.78, 5) is 4.71. The number of rotatable bonds is 2. The van der Waals surface area contributed by atoms with Crippen LogP contribution >= 0.6 is 11.6 Å². The van der Waals surface area contributed by atoms with E-state index < -0.39 is 0 Å². The van der Waals surface area contributed by atoms with E-state index >= 15 is 0 Å². The molecule has 0 atom stereocenters. The number of nitrogens with zero attached hydrogens (tertiary/aromatic N) is 2. The Morgan fingerprint density at radius 1 is 1.05 bits per heavy atom. The maximum absolute atomic E-state index is 6.11. The van der Waals surface area contributed by atoms with Gasteiger partial charge in [-0.25, -0.2) is 4.98 Å². The summed E-state index contributed by atoms with van der Waals surface area (Å²) in [6.07, 6.45) is 0. The summed E-state index contributed by atoms with van der Waals surface area (Å²) in [7, 11) is 0. The highest BCUT2D eigenvalue weighted by atomic mass is 35.5. The molecular weight excluding hydrogens is 268 g/mol. The lowest BCUT2D eigenvalue weighted by molar-refractivity contribution is 0.970. The second kappa shape index (κ2) is 4.95. The topological polar surface area (TPSA) is 17.8 Å². The average molecular weight is 285 g/mol. The molecular formula is C17H17ClN2. The van der Waals surface area contributed by atoms with Gasteiger partial charge in [0.15, 0.2) is 0 Å². The highest BCUT2D eigenvalue weighted by Gasteiger charge is 2.14. The number of para-hydroxylation sites is 1. The van der Waals surface area contributed by atoms with Gasteiger partial charge in [-0.1, -0.05) is 24.3 Å². The Morgan fingerprint density at radius 3 is 2.60 bits per heavy atom. The van der Waals surface area contributed by atoms with Crippen LogP contribution in [0, 0.1) is 20.8 Å². The van der Waals surface area contributed by atoms with Crippen molar-refractivity contribution in [1.82, 2.24) is 9.55 Å². The molecule has 0 aliphatic heterocycles. The van der Waals surface area contributed by atoms with Gasteiger partial charge in [-0.15, -0.1) is 11.6 Å². The van der Waals surface area contributed by atoms with Gasteiger partial charge in [0.1, 0.15) is 5.82 Å². The number of aryl methyl sites for hydroxylation is 3. The van der Waals surface area contributed by atoms with Gasteiger partial charge in [-0.3, -0.25) is 4.57 Å². The van der Waals surface area contributed by atoms with E-state index in [1.807, 2.05) is 0 Å². The standard InChI is InChI=1S/C17H17ClN2/c1-11-7-8-12(2)15(9-11)20-14-6-4-5-13(3)17(14)19-16(20)10-18/h4-9H,10H2,1-3H3. The first-order chi connectivity index (χ1) is 9.61. The van der Waals surface area contributed by atoms with Gasteiger partial charge in [0.25, 0.3) is 0 Å². The SMILES string of the molecule is Cc1ccc(C)c(-n2c(CCl)nc3c(C)cccc32)c1.